The minimum Gasteiger partial charge on any atom is -0.351 e. The molecule has 5 nitrogen and oxygen atoms in total. The predicted molar refractivity (Wildman–Crippen MR) is 91.8 cm³/mol. The maximum absolute atomic E-state index is 13.9. The fraction of sp³-hybridized carbons (Fsp3) is 0.611. The van der Waals surface area contributed by atoms with Gasteiger partial charge in [0.2, 0.25) is 11.7 Å². The molecule has 0 heterocycles. The van der Waals surface area contributed by atoms with Crippen molar-refractivity contribution in [3.8, 4) is 0 Å². The highest BCUT2D eigenvalue weighted by Gasteiger charge is 2.31. The van der Waals surface area contributed by atoms with Crippen LogP contribution < -0.4 is 5.73 Å². The Morgan fingerprint density at radius 2 is 1.36 bits per heavy atom. The number of halogens is 5. The van der Waals surface area contributed by atoms with E-state index in [1.54, 1.807) is 27.7 Å². The molecule has 160 valence electrons. The summed E-state index contributed by atoms with van der Waals surface area (Å²) in [6, 6.07) is -1.90. The number of carbonyl (C=O) groups excluding carboxylic acids is 1. The Morgan fingerprint density at radius 1 is 0.929 bits per heavy atom. The molecule has 2 N–H and O–H groups in total. The number of rotatable bonds is 10. The zero-order chi connectivity index (χ0) is 21.6. The van der Waals surface area contributed by atoms with Gasteiger partial charge in [-0.2, -0.15) is 0 Å². The van der Waals surface area contributed by atoms with Crippen molar-refractivity contribution < 1.29 is 36.2 Å². The molecule has 1 aromatic carbocycles. The van der Waals surface area contributed by atoms with Crippen LogP contribution >= 0.6 is 0 Å². The summed E-state index contributed by atoms with van der Waals surface area (Å²) in [5.74, 6) is -11.2. The number of amides is 1. The van der Waals surface area contributed by atoms with Crippen LogP contribution in [0.3, 0.4) is 0 Å². The SMILES string of the molecule is CCOC(CN(C(=O)C(N)Cc1c(F)c(F)c(F)c(F)c1F)C(C)C)OCC. The molecule has 1 atom stereocenters. The van der Waals surface area contributed by atoms with Crippen LogP contribution in [0.4, 0.5) is 22.0 Å². The first-order chi connectivity index (χ1) is 13.1. The molecule has 1 amide bonds. The predicted octanol–water partition coefficient (Wildman–Crippen LogP) is 2.89. The summed E-state index contributed by atoms with van der Waals surface area (Å²) >= 11 is 0. The summed E-state index contributed by atoms with van der Waals surface area (Å²) in [7, 11) is 0. The quantitative estimate of drug-likeness (QED) is 0.278. The third kappa shape index (κ3) is 5.62. The number of nitrogens with zero attached hydrogens (tertiary/aromatic N) is 1. The Bertz CT molecular complexity index is 653. The number of benzene rings is 1. The average Bonchev–Trinajstić information content (AvgIpc) is 2.65. The van der Waals surface area contributed by atoms with Gasteiger partial charge in [0.05, 0.1) is 12.6 Å². The first kappa shape index (κ1) is 24.3. The largest absolute Gasteiger partial charge is 0.351 e. The van der Waals surface area contributed by atoms with E-state index >= 15 is 0 Å². The maximum Gasteiger partial charge on any atom is 0.240 e. The number of hydrogen-bond donors (Lipinski definition) is 1. The van der Waals surface area contributed by atoms with Gasteiger partial charge in [0.15, 0.2) is 29.6 Å². The first-order valence-corrected chi connectivity index (χ1v) is 8.86. The molecule has 1 rings (SSSR count). The maximum atomic E-state index is 13.9. The molecule has 0 bridgehead atoms. The van der Waals surface area contributed by atoms with Gasteiger partial charge in [-0.05, 0) is 27.7 Å². The van der Waals surface area contributed by atoms with Crippen molar-refractivity contribution in [1.82, 2.24) is 4.90 Å². The van der Waals surface area contributed by atoms with E-state index in [9.17, 15) is 26.7 Å². The Balaban J connectivity index is 3.07. The van der Waals surface area contributed by atoms with Crippen LogP contribution in [0.25, 0.3) is 0 Å². The van der Waals surface area contributed by atoms with Crippen molar-refractivity contribution in [1.29, 1.82) is 0 Å². The third-order valence-corrected chi connectivity index (χ3v) is 4.00. The summed E-state index contributed by atoms with van der Waals surface area (Å²) in [5.41, 5.74) is 4.61. The summed E-state index contributed by atoms with van der Waals surface area (Å²) in [6.45, 7) is 7.46. The van der Waals surface area contributed by atoms with Gasteiger partial charge < -0.3 is 20.1 Å². The van der Waals surface area contributed by atoms with Gasteiger partial charge in [-0.15, -0.1) is 0 Å². The normalized spacial score (nSPS) is 12.7. The Labute approximate surface area is 160 Å². The standard InChI is InChI=1S/C18H25F5N2O3/c1-5-27-12(28-6-2)8-25(9(3)4)18(26)11(24)7-10-13(19)15(21)17(23)16(22)14(10)20/h9,11-12H,5-8,24H2,1-4H3. The van der Waals surface area contributed by atoms with Crippen LogP contribution in [-0.4, -0.2) is 48.9 Å². The fourth-order valence-electron chi connectivity index (χ4n) is 2.59. The monoisotopic (exact) mass is 412 g/mol. The van der Waals surface area contributed by atoms with Gasteiger partial charge in [0, 0.05) is 31.2 Å². The molecule has 1 unspecified atom stereocenters. The van der Waals surface area contributed by atoms with E-state index in [0.29, 0.717) is 13.2 Å². The number of hydrogen-bond acceptors (Lipinski definition) is 4. The number of nitrogens with two attached hydrogens (primary N) is 1. The molecule has 1 aromatic rings. The molecule has 0 aliphatic heterocycles. The van der Waals surface area contributed by atoms with Crippen molar-refractivity contribution in [2.24, 2.45) is 5.73 Å². The van der Waals surface area contributed by atoms with Gasteiger partial charge in [-0.1, -0.05) is 0 Å². The second-order valence-electron chi connectivity index (χ2n) is 6.28. The Hall–Kier alpha value is -1.78. The van der Waals surface area contributed by atoms with Crippen LogP contribution in [-0.2, 0) is 20.7 Å². The van der Waals surface area contributed by atoms with Crippen LogP contribution in [0.15, 0.2) is 0 Å². The molecule has 0 saturated carbocycles. The molecular weight excluding hydrogens is 387 g/mol. The van der Waals surface area contributed by atoms with Gasteiger partial charge in [-0.25, -0.2) is 22.0 Å². The summed E-state index contributed by atoms with van der Waals surface area (Å²) in [6.07, 6.45) is -1.61. The molecule has 0 fully saturated rings. The summed E-state index contributed by atoms with van der Waals surface area (Å²) < 4.78 is 78.3. The highest BCUT2D eigenvalue weighted by Crippen LogP contribution is 2.24. The van der Waals surface area contributed by atoms with Crippen molar-refractivity contribution in [2.75, 3.05) is 19.8 Å². The molecule has 0 spiro atoms. The highest BCUT2D eigenvalue weighted by atomic mass is 19.2. The van der Waals surface area contributed by atoms with Crippen LogP contribution in [0.5, 0.6) is 0 Å². The molecule has 10 heteroatoms. The second-order valence-corrected chi connectivity index (χ2v) is 6.28. The molecular formula is C18H25F5N2O3. The molecule has 0 aliphatic carbocycles. The van der Waals surface area contributed by atoms with Gasteiger partial charge in [0.1, 0.15) is 0 Å². The first-order valence-electron chi connectivity index (χ1n) is 8.86. The van der Waals surface area contributed by atoms with Crippen LogP contribution in [0, 0.1) is 29.1 Å². The Kier molecular flexibility index (Phi) is 9.25. The van der Waals surface area contributed by atoms with E-state index in [1.165, 1.54) is 4.90 Å². The number of ether oxygens (including phenoxy) is 2. The lowest BCUT2D eigenvalue weighted by Crippen LogP contribution is -2.51. The summed E-state index contributed by atoms with van der Waals surface area (Å²) in [5, 5.41) is 0. The lowest BCUT2D eigenvalue weighted by Gasteiger charge is -2.32. The van der Waals surface area contributed by atoms with Gasteiger partial charge in [0.25, 0.3) is 0 Å². The smallest absolute Gasteiger partial charge is 0.240 e. The van der Waals surface area contributed by atoms with Crippen molar-refractivity contribution in [3.63, 3.8) is 0 Å². The summed E-state index contributed by atoms with van der Waals surface area (Å²) in [4.78, 5) is 13.9. The van der Waals surface area contributed by atoms with Crippen molar-refractivity contribution in [3.05, 3.63) is 34.6 Å². The molecule has 0 radical (unpaired) electrons. The minimum absolute atomic E-state index is 0.0109. The van der Waals surface area contributed by atoms with E-state index in [2.05, 4.69) is 0 Å². The van der Waals surface area contributed by atoms with E-state index in [0.717, 1.165) is 0 Å². The molecule has 0 saturated heterocycles. The van der Waals surface area contributed by atoms with E-state index in [-0.39, 0.29) is 12.6 Å². The van der Waals surface area contributed by atoms with E-state index in [4.69, 9.17) is 15.2 Å². The van der Waals surface area contributed by atoms with Gasteiger partial charge in [-0.3, -0.25) is 4.79 Å². The molecule has 28 heavy (non-hydrogen) atoms. The van der Waals surface area contributed by atoms with Crippen molar-refractivity contribution in [2.45, 2.75) is 52.5 Å². The molecule has 0 aliphatic rings. The fourth-order valence-corrected chi connectivity index (χ4v) is 2.59. The lowest BCUT2D eigenvalue weighted by molar-refractivity contribution is -0.162. The third-order valence-electron chi connectivity index (χ3n) is 4.00. The van der Waals surface area contributed by atoms with Gasteiger partial charge >= 0.3 is 0 Å². The number of carbonyl (C=O) groups is 1. The highest BCUT2D eigenvalue weighted by molar-refractivity contribution is 5.82. The second kappa shape index (κ2) is 10.7. The average molecular weight is 412 g/mol. The van der Waals surface area contributed by atoms with E-state index in [1.807, 2.05) is 0 Å². The lowest BCUT2D eigenvalue weighted by atomic mass is 10.0. The van der Waals surface area contributed by atoms with Crippen LogP contribution in [0.1, 0.15) is 33.3 Å². The topological polar surface area (TPSA) is 64.8 Å². The Morgan fingerprint density at radius 3 is 1.75 bits per heavy atom. The molecule has 0 aromatic heterocycles. The zero-order valence-corrected chi connectivity index (χ0v) is 16.2. The zero-order valence-electron chi connectivity index (χ0n) is 16.2. The van der Waals surface area contributed by atoms with Crippen LogP contribution in [0.2, 0.25) is 0 Å². The van der Waals surface area contributed by atoms with E-state index < -0.39 is 59.3 Å². The van der Waals surface area contributed by atoms with Crippen molar-refractivity contribution >= 4 is 5.91 Å². The minimum atomic E-state index is -2.27.